The van der Waals surface area contributed by atoms with Crippen LogP contribution in [0.2, 0.25) is 0 Å². The summed E-state index contributed by atoms with van der Waals surface area (Å²) in [4.78, 5) is 16.0. The van der Waals surface area contributed by atoms with E-state index in [1.165, 1.54) is 48.0 Å². The number of hydrogen-bond acceptors (Lipinski definition) is 14. The zero-order valence-corrected chi connectivity index (χ0v) is 31.3. The second-order valence-corrected chi connectivity index (χ2v) is 14.8. The van der Waals surface area contributed by atoms with Crippen LogP contribution < -0.4 is 11.5 Å². The Morgan fingerprint density at radius 3 is 1.32 bits per heavy atom. The molecule has 2 aliphatic rings. The zero-order valence-electron chi connectivity index (χ0n) is 31.3. The third-order valence-corrected chi connectivity index (χ3v) is 10.7. The molecule has 2 saturated heterocycles. The van der Waals surface area contributed by atoms with Gasteiger partial charge in [-0.25, -0.2) is 46.3 Å². The summed E-state index contributed by atoms with van der Waals surface area (Å²) < 4.78 is 93.9. The van der Waals surface area contributed by atoms with Crippen LogP contribution in [0.15, 0.2) is 73.6 Å². The third-order valence-electron chi connectivity index (χ3n) is 10.7. The molecule has 0 radical (unpaired) electrons. The zero-order chi connectivity index (χ0) is 43.6. The maximum absolute atomic E-state index is 13.8. The molecule has 8 rings (SSSR count). The molecule has 0 bridgehead atoms. The van der Waals surface area contributed by atoms with Gasteiger partial charge in [-0.2, -0.15) is 0 Å². The average molecular weight is 849 g/mol. The standard InChI is InChI=1S/2C19H19F3N4O4/c2*1-19(29)13(28)18(26-3-2-11-16(23)24-7-25-17(11)26)30-14(19)12(27)8-4-9(15(21)22)6-10(20)5-8/h2*2-7,12-15,18,27-29H,1H3,(H2,23,24,25)/t12-,13+,14-,18-,19+;12-,13-,14+,18+,19-/m10/s1. The first kappa shape index (κ1) is 42.7. The Morgan fingerprint density at radius 2 is 0.967 bits per heavy atom. The van der Waals surface area contributed by atoms with Gasteiger partial charge in [-0.05, 0) is 73.5 Å². The highest BCUT2D eigenvalue weighted by molar-refractivity contribution is 5.86. The third kappa shape index (κ3) is 7.49. The maximum Gasteiger partial charge on any atom is 0.263 e. The number of anilines is 2. The van der Waals surface area contributed by atoms with Gasteiger partial charge in [-0.3, -0.25) is 0 Å². The minimum atomic E-state index is -2.95. The lowest BCUT2D eigenvalue weighted by molar-refractivity contribution is -0.115. The highest BCUT2D eigenvalue weighted by atomic mass is 19.3. The minimum Gasteiger partial charge on any atom is -0.386 e. The molecule has 10 atom stereocenters. The second-order valence-electron chi connectivity index (χ2n) is 14.8. The van der Waals surface area contributed by atoms with Crippen molar-refractivity contribution in [3.05, 3.63) is 107 Å². The van der Waals surface area contributed by atoms with Crippen LogP contribution in [-0.4, -0.2) is 95.3 Å². The lowest BCUT2D eigenvalue weighted by atomic mass is 9.88. The van der Waals surface area contributed by atoms with Crippen LogP contribution >= 0.6 is 0 Å². The van der Waals surface area contributed by atoms with E-state index in [-0.39, 0.29) is 22.8 Å². The summed E-state index contributed by atoms with van der Waals surface area (Å²) in [5.74, 6) is -1.54. The number of aliphatic hydroxyl groups is 6. The van der Waals surface area contributed by atoms with Crippen LogP contribution in [0, 0.1) is 11.6 Å². The van der Waals surface area contributed by atoms with Gasteiger partial charge in [0.25, 0.3) is 12.9 Å². The number of aliphatic hydroxyl groups excluding tert-OH is 4. The number of hydrogen-bond donors (Lipinski definition) is 8. The number of nitrogens with zero attached hydrogens (tertiary/aromatic N) is 6. The largest absolute Gasteiger partial charge is 0.386 e. The lowest BCUT2D eigenvalue weighted by Gasteiger charge is -2.30. The summed E-state index contributed by atoms with van der Waals surface area (Å²) in [6.07, 6.45) is -12.2. The van der Waals surface area contributed by atoms with Crippen LogP contribution in [-0.2, 0) is 9.47 Å². The number of fused-ring (bicyclic) bond motifs is 2. The van der Waals surface area contributed by atoms with Crippen molar-refractivity contribution in [2.45, 2.75) is 87.0 Å². The van der Waals surface area contributed by atoms with Crippen molar-refractivity contribution in [3.8, 4) is 0 Å². The van der Waals surface area contributed by atoms with Crippen LogP contribution in [0.3, 0.4) is 0 Å². The molecule has 10 N–H and O–H groups in total. The molecule has 0 aliphatic carbocycles. The van der Waals surface area contributed by atoms with E-state index in [4.69, 9.17) is 20.9 Å². The Labute approximate surface area is 334 Å². The Kier molecular flexibility index (Phi) is 11.3. The Bertz CT molecular complexity index is 2350. The Morgan fingerprint density at radius 1 is 0.617 bits per heavy atom. The minimum absolute atomic E-state index is 0.203. The van der Waals surface area contributed by atoms with Gasteiger partial charge in [0.2, 0.25) is 0 Å². The van der Waals surface area contributed by atoms with Crippen molar-refractivity contribution in [1.29, 1.82) is 0 Å². The number of alkyl halides is 4. The molecule has 2 aliphatic heterocycles. The summed E-state index contributed by atoms with van der Waals surface area (Å²) in [6, 6.07) is 8.10. The van der Waals surface area contributed by atoms with E-state index in [1.807, 2.05) is 0 Å². The van der Waals surface area contributed by atoms with Gasteiger partial charge in [0.15, 0.2) is 12.5 Å². The molecule has 0 unspecified atom stereocenters. The first-order valence-electron chi connectivity index (χ1n) is 18.0. The van der Waals surface area contributed by atoms with Gasteiger partial charge >= 0.3 is 0 Å². The molecule has 6 aromatic rings. The van der Waals surface area contributed by atoms with E-state index in [0.717, 1.165) is 24.3 Å². The fourth-order valence-electron chi connectivity index (χ4n) is 7.47. The summed E-state index contributed by atoms with van der Waals surface area (Å²) in [6.45, 7) is 2.46. The predicted molar refractivity (Wildman–Crippen MR) is 198 cm³/mol. The fraction of sp³-hybridized carbons (Fsp3) is 0.368. The number of rotatable bonds is 8. The predicted octanol–water partition coefficient (Wildman–Crippen LogP) is 3.67. The number of ether oxygens (including phenoxy) is 2. The molecule has 320 valence electrons. The molecule has 0 saturated carbocycles. The molecular weight excluding hydrogens is 810 g/mol. The van der Waals surface area contributed by atoms with E-state index in [1.54, 1.807) is 12.1 Å². The molecule has 60 heavy (non-hydrogen) atoms. The Hall–Kier alpha value is -5.46. The number of aromatic nitrogens is 6. The molecule has 2 fully saturated rings. The van der Waals surface area contributed by atoms with Crippen LogP contribution in [0.4, 0.5) is 38.0 Å². The summed E-state index contributed by atoms with van der Waals surface area (Å²) in [5.41, 5.74) is 6.57. The van der Waals surface area contributed by atoms with Crippen molar-refractivity contribution >= 4 is 33.7 Å². The molecule has 16 nitrogen and oxygen atoms in total. The van der Waals surface area contributed by atoms with Crippen LogP contribution in [0.1, 0.15) is 73.6 Å². The van der Waals surface area contributed by atoms with Gasteiger partial charge in [-0.1, -0.05) is 0 Å². The summed E-state index contributed by atoms with van der Waals surface area (Å²) in [7, 11) is 0. The van der Waals surface area contributed by atoms with E-state index in [2.05, 4.69) is 19.9 Å². The van der Waals surface area contributed by atoms with Crippen molar-refractivity contribution in [2.75, 3.05) is 11.5 Å². The molecule has 4 aromatic heterocycles. The molecule has 2 aromatic carbocycles. The van der Waals surface area contributed by atoms with E-state index >= 15 is 0 Å². The number of nitrogens with two attached hydrogens (primary N) is 2. The number of benzene rings is 2. The SMILES string of the molecule is C[C@@]1(O)[C@@H]([C@@H](O)c2cc(F)cc(C(F)F)c2)O[C@@H](n2ccc3c(N)ncnc32)[C@@H]1O.C[C@@]1(O)[C@@H]([C@H](O)c2cc(F)cc(C(F)F)c2)O[C@@H](n2ccc3c(N)ncnc32)[C@@H]1O. The topological polar surface area (TPSA) is 253 Å². The number of halogens is 6. The van der Waals surface area contributed by atoms with Gasteiger partial charge in [0.05, 0.1) is 10.8 Å². The monoisotopic (exact) mass is 848 g/mol. The highest BCUT2D eigenvalue weighted by Gasteiger charge is 2.57. The van der Waals surface area contributed by atoms with Gasteiger partial charge in [0, 0.05) is 23.5 Å². The van der Waals surface area contributed by atoms with Gasteiger partial charge in [0.1, 0.15) is 95.0 Å². The first-order chi connectivity index (χ1) is 28.2. The van der Waals surface area contributed by atoms with E-state index < -0.39 is 95.9 Å². The van der Waals surface area contributed by atoms with Crippen molar-refractivity contribution in [2.24, 2.45) is 0 Å². The molecule has 0 spiro atoms. The first-order valence-corrected chi connectivity index (χ1v) is 18.0. The molecular formula is C38H38F6N8O8. The van der Waals surface area contributed by atoms with Gasteiger partial charge in [-0.15, -0.1) is 0 Å². The summed E-state index contributed by atoms with van der Waals surface area (Å²) in [5, 5.41) is 65.5. The fourth-order valence-corrected chi connectivity index (χ4v) is 7.47. The number of nitrogen functional groups attached to an aromatic ring is 2. The van der Waals surface area contributed by atoms with E-state index in [9.17, 15) is 57.0 Å². The smallest absolute Gasteiger partial charge is 0.263 e. The molecule has 22 heteroatoms. The van der Waals surface area contributed by atoms with Crippen molar-refractivity contribution in [1.82, 2.24) is 29.1 Å². The van der Waals surface area contributed by atoms with Crippen LogP contribution in [0.5, 0.6) is 0 Å². The molecule has 6 heterocycles. The second kappa shape index (κ2) is 15.9. The molecule has 0 amide bonds. The average Bonchev–Trinajstić information content (AvgIpc) is 3.93. The van der Waals surface area contributed by atoms with Gasteiger partial charge < -0.3 is 60.7 Å². The normalized spacial score (nSPS) is 27.8. The van der Waals surface area contributed by atoms with Crippen LogP contribution in [0.25, 0.3) is 22.1 Å². The van der Waals surface area contributed by atoms with E-state index in [0.29, 0.717) is 34.2 Å². The maximum atomic E-state index is 13.8. The highest BCUT2D eigenvalue weighted by Crippen LogP contribution is 2.45. The van der Waals surface area contributed by atoms with Crippen molar-refractivity contribution < 1.29 is 66.5 Å². The Balaban J connectivity index is 0.000000181. The quantitative estimate of drug-likeness (QED) is 0.102. The lowest BCUT2D eigenvalue weighted by Crippen LogP contribution is -2.47. The van der Waals surface area contributed by atoms with Crippen molar-refractivity contribution in [3.63, 3.8) is 0 Å². The summed E-state index contributed by atoms with van der Waals surface area (Å²) >= 11 is 0.